The third-order valence-corrected chi connectivity index (χ3v) is 4.22. The van der Waals surface area contributed by atoms with Gasteiger partial charge in [-0.2, -0.15) is 0 Å². The summed E-state index contributed by atoms with van der Waals surface area (Å²) in [6, 6.07) is 17.5. The molecule has 0 amide bonds. The fourth-order valence-electron chi connectivity index (χ4n) is 1.91. The van der Waals surface area contributed by atoms with Crippen molar-refractivity contribution in [3.05, 3.63) is 65.2 Å². The fourth-order valence-corrected chi connectivity index (χ4v) is 2.88. The van der Waals surface area contributed by atoms with Gasteiger partial charge in [0.1, 0.15) is 0 Å². The van der Waals surface area contributed by atoms with Gasteiger partial charge >= 0.3 is 0 Å². The molecular formula is C17H21NS. The molecule has 0 aliphatic heterocycles. The Morgan fingerprint density at radius 2 is 1.74 bits per heavy atom. The molecule has 0 aromatic heterocycles. The molecule has 0 atom stereocenters. The summed E-state index contributed by atoms with van der Waals surface area (Å²) in [5, 5.41) is 3.34. The number of hydrogen-bond acceptors (Lipinski definition) is 2. The lowest BCUT2D eigenvalue weighted by Crippen LogP contribution is -2.11. The number of rotatable bonds is 6. The Hall–Kier alpha value is -1.25. The standard InChI is InChI=1S/C17H21NS/c1-3-18-12-15-8-10-17(11-9-15)19-13-16-7-5-4-6-14(16)2/h4-11,18H,3,12-13H2,1-2H3. The Kier molecular flexibility index (Phi) is 5.49. The van der Waals surface area contributed by atoms with E-state index in [0.717, 1.165) is 18.8 Å². The smallest absolute Gasteiger partial charge is 0.0234 e. The first kappa shape index (κ1) is 14.2. The summed E-state index contributed by atoms with van der Waals surface area (Å²) in [4.78, 5) is 1.34. The zero-order chi connectivity index (χ0) is 13.5. The average molecular weight is 271 g/mol. The average Bonchev–Trinajstić information content (AvgIpc) is 2.45. The zero-order valence-corrected chi connectivity index (χ0v) is 12.5. The van der Waals surface area contributed by atoms with Gasteiger partial charge in [-0.05, 0) is 42.3 Å². The number of thioether (sulfide) groups is 1. The predicted molar refractivity (Wildman–Crippen MR) is 84.6 cm³/mol. The van der Waals surface area contributed by atoms with E-state index in [1.807, 2.05) is 11.8 Å². The summed E-state index contributed by atoms with van der Waals surface area (Å²) >= 11 is 1.90. The Labute approximate surface area is 120 Å². The van der Waals surface area contributed by atoms with Crippen molar-refractivity contribution < 1.29 is 0 Å². The van der Waals surface area contributed by atoms with Crippen LogP contribution in [0.2, 0.25) is 0 Å². The van der Waals surface area contributed by atoms with Gasteiger partial charge in [0, 0.05) is 17.2 Å². The van der Waals surface area contributed by atoms with Crippen LogP contribution in [0, 0.1) is 6.92 Å². The molecule has 19 heavy (non-hydrogen) atoms. The second kappa shape index (κ2) is 7.37. The molecular weight excluding hydrogens is 250 g/mol. The summed E-state index contributed by atoms with van der Waals surface area (Å²) in [6.07, 6.45) is 0. The summed E-state index contributed by atoms with van der Waals surface area (Å²) in [7, 11) is 0. The van der Waals surface area contributed by atoms with Gasteiger partial charge in [-0.15, -0.1) is 11.8 Å². The molecule has 2 rings (SSSR count). The highest BCUT2D eigenvalue weighted by atomic mass is 32.2. The van der Waals surface area contributed by atoms with E-state index < -0.39 is 0 Å². The van der Waals surface area contributed by atoms with Crippen molar-refractivity contribution in [3.63, 3.8) is 0 Å². The SMILES string of the molecule is CCNCc1ccc(SCc2ccccc2C)cc1. The van der Waals surface area contributed by atoms with Crippen molar-refractivity contribution in [2.24, 2.45) is 0 Å². The van der Waals surface area contributed by atoms with Crippen molar-refractivity contribution in [1.29, 1.82) is 0 Å². The van der Waals surface area contributed by atoms with Crippen LogP contribution in [0.5, 0.6) is 0 Å². The molecule has 0 saturated carbocycles. The van der Waals surface area contributed by atoms with Crippen LogP contribution in [0.25, 0.3) is 0 Å². The molecule has 1 nitrogen and oxygen atoms in total. The van der Waals surface area contributed by atoms with Gasteiger partial charge in [0.05, 0.1) is 0 Å². The normalized spacial score (nSPS) is 10.6. The molecule has 0 aliphatic carbocycles. The second-order valence-electron chi connectivity index (χ2n) is 4.64. The van der Waals surface area contributed by atoms with Gasteiger partial charge in [0.25, 0.3) is 0 Å². The molecule has 1 N–H and O–H groups in total. The van der Waals surface area contributed by atoms with E-state index in [1.165, 1.54) is 21.6 Å². The van der Waals surface area contributed by atoms with E-state index in [4.69, 9.17) is 0 Å². The van der Waals surface area contributed by atoms with E-state index in [-0.39, 0.29) is 0 Å². The summed E-state index contributed by atoms with van der Waals surface area (Å²) < 4.78 is 0. The van der Waals surface area contributed by atoms with Crippen molar-refractivity contribution >= 4 is 11.8 Å². The highest BCUT2D eigenvalue weighted by Crippen LogP contribution is 2.24. The molecule has 0 radical (unpaired) electrons. The lowest BCUT2D eigenvalue weighted by atomic mass is 10.1. The van der Waals surface area contributed by atoms with E-state index in [0.29, 0.717) is 0 Å². The number of nitrogens with one attached hydrogen (secondary N) is 1. The van der Waals surface area contributed by atoms with Crippen molar-refractivity contribution in [2.45, 2.75) is 31.0 Å². The Morgan fingerprint density at radius 1 is 1.00 bits per heavy atom. The van der Waals surface area contributed by atoms with E-state index in [2.05, 4.69) is 67.7 Å². The van der Waals surface area contributed by atoms with Gasteiger partial charge in [0.15, 0.2) is 0 Å². The fraction of sp³-hybridized carbons (Fsp3) is 0.294. The van der Waals surface area contributed by atoms with Crippen LogP contribution in [-0.4, -0.2) is 6.54 Å². The molecule has 100 valence electrons. The van der Waals surface area contributed by atoms with Gasteiger partial charge in [0.2, 0.25) is 0 Å². The van der Waals surface area contributed by atoms with E-state index in [1.54, 1.807) is 0 Å². The summed E-state index contributed by atoms with van der Waals surface area (Å²) in [5.41, 5.74) is 4.14. The minimum absolute atomic E-state index is 0.958. The maximum Gasteiger partial charge on any atom is 0.0234 e. The molecule has 0 aliphatic rings. The third kappa shape index (κ3) is 4.41. The highest BCUT2D eigenvalue weighted by molar-refractivity contribution is 7.98. The van der Waals surface area contributed by atoms with Gasteiger partial charge in [-0.3, -0.25) is 0 Å². The first-order chi connectivity index (χ1) is 9.29. The molecule has 0 fully saturated rings. The Morgan fingerprint density at radius 3 is 2.42 bits per heavy atom. The molecule has 0 bridgehead atoms. The Balaban J connectivity index is 1.91. The van der Waals surface area contributed by atoms with Crippen LogP contribution in [-0.2, 0) is 12.3 Å². The Bertz CT molecular complexity index is 505. The van der Waals surface area contributed by atoms with Gasteiger partial charge < -0.3 is 5.32 Å². The first-order valence-electron chi connectivity index (χ1n) is 6.76. The first-order valence-corrected chi connectivity index (χ1v) is 7.75. The molecule has 0 heterocycles. The molecule has 0 saturated heterocycles. The summed E-state index contributed by atoms with van der Waals surface area (Å²) in [5.74, 6) is 1.04. The minimum atomic E-state index is 0.958. The second-order valence-corrected chi connectivity index (χ2v) is 5.69. The van der Waals surface area contributed by atoms with Crippen molar-refractivity contribution in [3.8, 4) is 0 Å². The zero-order valence-electron chi connectivity index (χ0n) is 11.6. The lowest BCUT2D eigenvalue weighted by Gasteiger charge is -2.07. The van der Waals surface area contributed by atoms with Crippen LogP contribution in [0.15, 0.2) is 53.4 Å². The quantitative estimate of drug-likeness (QED) is 0.782. The largest absolute Gasteiger partial charge is 0.313 e. The monoisotopic (exact) mass is 271 g/mol. The van der Waals surface area contributed by atoms with Crippen molar-refractivity contribution in [1.82, 2.24) is 5.32 Å². The summed E-state index contributed by atoms with van der Waals surface area (Å²) in [6.45, 7) is 6.28. The lowest BCUT2D eigenvalue weighted by molar-refractivity contribution is 0.726. The molecule has 0 spiro atoms. The van der Waals surface area contributed by atoms with Crippen LogP contribution in [0.3, 0.4) is 0 Å². The molecule has 2 heteroatoms. The van der Waals surface area contributed by atoms with E-state index >= 15 is 0 Å². The topological polar surface area (TPSA) is 12.0 Å². The highest BCUT2D eigenvalue weighted by Gasteiger charge is 1.99. The van der Waals surface area contributed by atoms with Crippen molar-refractivity contribution in [2.75, 3.05) is 6.54 Å². The van der Waals surface area contributed by atoms with Gasteiger partial charge in [-0.25, -0.2) is 0 Å². The molecule has 2 aromatic carbocycles. The van der Waals surface area contributed by atoms with Crippen LogP contribution >= 0.6 is 11.8 Å². The van der Waals surface area contributed by atoms with Crippen LogP contribution in [0.4, 0.5) is 0 Å². The minimum Gasteiger partial charge on any atom is -0.313 e. The third-order valence-electron chi connectivity index (χ3n) is 3.16. The molecule has 2 aromatic rings. The molecule has 0 unspecified atom stereocenters. The number of aryl methyl sites for hydroxylation is 1. The van der Waals surface area contributed by atoms with E-state index in [9.17, 15) is 0 Å². The number of benzene rings is 2. The number of hydrogen-bond donors (Lipinski definition) is 1. The maximum atomic E-state index is 3.34. The van der Waals surface area contributed by atoms with Crippen LogP contribution < -0.4 is 5.32 Å². The van der Waals surface area contributed by atoms with Gasteiger partial charge in [-0.1, -0.05) is 43.3 Å². The predicted octanol–water partition coefficient (Wildman–Crippen LogP) is 4.40. The maximum absolute atomic E-state index is 3.34. The van der Waals surface area contributed by atoms with Crippen LogP contribution in [0.1, 0.15) is 23.6 Å².